The number of aliphatic carboxylic acids is 1. The first-order chi connectivity index (χ1) is 9.85. The van der Waals surface area contributed by atoms with Crippen LogP contribution in [0.5, 0.6) is 0 Å². The Hall–Kier alpha value is -1.75. The summed E-state index contributed by atoms with van der Waals surface area (Å²) in [7, 11) is 1.70. The monoisotopic (exact) mass is 312 g/mol. The van der Waals surface area contributed by atoms with Crippen molar-refractivity contribution in [2.45, 2.75) is 32.9 Å². The van der Waals surface area contributed by atoms with E-state index in [1.54, 1.807) is 35.9 Å². The lowest BCUT2D eigenvalue weighted by Gasteiger charge is -2.31. The van der Waals surface area contributed by atoms with Gasteiger partial charge in [-0.1, -0.05) is 23.7 Å². The van der Waals surface area contributed by atoms with Crippen molar-refractivity contribution in [1.82, 2.24) is 9.80 Å². The molecule has 2 amide bonds. The molecule has 1 N–H and O–H groups in total. The molecule has 0 aromatic heterocycles. The van der Waals surface area contributed by atoms with E-state index < -0.39 is 5.97 Å². The van der Waals surface area contributed by atoms with Gasteiger partial charge in [0.05, 0.1) is 6.42 Å². The van der Waals surface area contributed by atoms with Gasteiger partial charge < -0.3 is 14.9 Å². The minimum Gasteiger partial charge on any atom is -0.481 e. The number of carboxylic acids is 1. The molecule has 1 atom stereocenters. The molecule has 6 heteroatoms. The normalized spacial score (nSPS) is 11.8. The van der Waals surface area contributed by atoms with E-state index >= 15 is 0 Å². The van der Waals surface area contributed by atoms with Crippen LogP contribution in [0.15, 0.2) is 24.3 Å². The van der Waals surface area contributed by atoms with Gasteiger partial charge in [0.25, 0.3) is 0 Å². The minimum atomic E-state index is -0.908. The van der Waals surface area contributed by atoms with Crippen molar-refractivity contribution in [1.29, 1.82) is 0 Å². The quantitative estimate of drug-likeness (QED) is 0.878. The van der Waals surface area contributed by atoms with Crippen LogP contribution in [-0.2, 0) is 11.3 Å². The van der Waals surface area contributed by atoms with Crippen LogP contribution in [0.3, 0.4) is 0 Å². The predicted octanol–water partition coefficient (Wildman–Crippen LogP) is 3.08. The Morgan fingerprint density at radius 3 is 2.33 bits per heavy atom. The zero-order valence-electron chi connectivity index (χ0n) is 12.5. The maximum atomic E-state index is 12.4. The van der Waals surface area contributed by atoms with Gasteiger partial charge in [0, 0.05) is 31.2 Å². The van der Waals surface area contributed by atoms with Crippen LogP contribution in [0.25, 0.3) is 0 Å². The lowest BCUT2D eigenvalue weighted by Crippen LogP contribution is -2.46. The number of carboxylic acid groups (broad SMARTS) is 1. The molecule has 0 aliphatic carbocycles. The maximum absolute atomic E-state index is 12.4. The maximum Gasteiger partial charge on any atom is 0.320 e. The molecule has 1 rings (SSSR count). The number of amides is 2. The standard InChI is InChI=1S/C15H21ClN2O3/c1-4-18(11(2)9-14(19)20)15(21)17(3)10-12-5-7-13(16)8-6-12/h5-8,11H,4,9-10H2,1-3H3,(H,19,20). The van der Waals surface area contributed by atoms with Crippen LogP contribution < -0.4 is 0 Å². The second kappa shape index (κ2) is 7.88. The van der Waals surface area contributed by atoms with Gasteiger partial charge in [0.15, 0.2) is 0 Å². The van der Waals surface area contributed by atoms with Gasteiger partial charge in [-0.2, -0.15) is 0 Å². The highest BCUT2D eigenvalue weighted by molar-refractivity contribution is 6.30. The molecule has 0 saturated heterocycles. The number of carbonyl (C=O) groups excluding carboxylic acids is 1. The van der Waals surface area contributed by atoms with E-state index in [2.05, 4.69) is 0 Å². The first-order valence-electron chi connectivity index (χ1n) is 6.83. The van der Waals surface area contributed by atoms with E-state index in [9.17, 15) is 9.59 Å². The van der Waals surface area contributed by atoms with Crippen molar-refractivity contribution in [3.05, 3.63) is 34.9 Å². The molecule has 116 valence electrons. The summed E-state index contributed by atoms with van der Waals surface area (Å²) < 4.78 is 0. The van der Waals surface area contributed by atoms with Crippen molar-refractivity contribution < 1.29 is 14.7 Å². The average Bonchev–Trinajstić information content (AvgIpc) is 2.41. The number of hydrogen-bond acceptors (Lipinski definition) is 2. The third-order valence-electron chi connectivity index (χ3n) is 3.25. The van der Waals surface area contributed by atoms with Gasteiger partial charge in [-0.05, 0) is 31.5 Å². The van der Waals surface area contributed by atoms with Crippen molar-refractivity contribution in [3.8, 4) is 0 Å². The molecule has 0 fully saturated rings. The summed E-state index contributed by atoms with van der Waals surface area (Å²) in [5, 5.41) is 9.50. The predicted molar refractivity (Wildman–Crippen MR) is 82.4 cm³/mol. The summed E-state index contributed by atoms with van der Waals surface area (Å²) in [5.41, 5.74) is 0.970. The van der Waals surface area contributed by atoms with Gasteiger partial charge in [-0.3, -0.25) is 4.79 Å². The lowest BCUT2D eigenvalue weighted by molar-refractivity contribution is -0.138. The van der Waals surface area contributed by atoms with E-state index in [-0.39, 0.29) is 18.5 Å². The average molecular weight is 313 g/mol. The smallest absolute Gasteiger partial charge is 0.320 e. The second-order valence-corrected chi connectivity index (χ2v) is 5.43. The van der Waals surface area contributed by atoms with E-state index in [4.69, 9.17) is 16.7 Å². The summed E-state index contributed by atoms with van der Waals surface area (Å²) in [6.07, 6.45) is -0.0611. The Labute approximate surface area is 130 Å². The van der Waals surface area contributed by atoms with Gasteiger partial charge in [-0.15, -0.1) is 0 Å². The molecule has 1 aromatic carbocycles. The zero-order valence-corrected chi connectivity index (χ0v) is 13.3. The topological polar surface area (TPSA) is 60.9 Å². The van der Waals surface area contributed by atoms with E-state index in [1.165, 1.54) is 0 Å². The Kier molecular flexibility index (Phi) is 6.49. The highest BCUT2D eigenvalue weighted by atomic mass is 35.5. The SMILES string of the molecule is CCN(C(=O)N(C)Cc1ccc(Cl)cc1)C(C)CC(=O)O. The van der Waals surface area contributed by atoms with Gasteiger partial charge in [0.1, 0.15) is 0 Å². The number of urea groups is 1. The van der Waals surface area contributed by atoms with Crippen LogP contribution in [0.2, 0.25) is 5.02 Å². The number of nitrogens with zero attached hydrogens (tertiary/aromatic N) is 2. The number of hydrogen-bond donors (Lipinski definition) is 1. The number of halogens is 1. The number of carbonyl (C=O) groups is 2. The van der Waals surface area contributed by atoms with Gasteiger partial charge in [0.2, 0.25) is 0 Å². The molecule has 21 heavy (non-hydrogen) atoms. The van der Waals surface area contributed by atoms with E-state index in [0.29, 0.717) is 18.1 Å². The molecule has 0 bridgehead atoms. The zero-order chi connectivity index (χ0) is 16.0. The fourth-order valence-corrected chi connectivity index (χ4v) is 2.27. The first kappa shape index (κ1) is 17.3. The third kappa shape index (κ3) is 5.27. The highest BCUT2D eigenvalue weighted by Crippen LogP contribution is 2.13. The van der Waals surface area contributed by atoms with Crippen LogP contribution in [0.4, 0.5) is 4.79 Å². The van der Waals surface area contributed by atoms with Crippen LogP contribution in [0.1, 0.15) is 25.8 Å². The molecule has 0 aliphatic heterocycles. The molecule has 0 saturated carbocycles. The third-order valence-corrected chi connectivity index (χ3v) is 3.50. The summed E-state index contributed by atoms with van der Waals surface area (Å²) >= 11 is 5.83. The van der Waals surface area contributed by atoms with Crippen molar-refractivity contribution in [2.24, 2.45) is 0 Å². The number of benzene rings is 1. The molecule has 0 spiro atoms. The molecule has 1 aromatic rings. The van der Waals surface area contributed by atoms with Crippen molar-refractivity contribution >= 4 is 23.6 Å². The Morgan fingerprint density at radius 1 is 1.29 bits per heavy atom. The van der Waals surface area contributed by atoms with E-state index in [0.717, 1.165) is 5.56 Å². The second-order valence-electron chi connectivity index (χ2n) is 5.00. The summed E-state index contributed by atoms with van der Waals surface area (Å²) in [5.74, 6) is -0.908. The molecule has 0 aliphatic rings. The Bertz CT molecular complexity index is 490. The summed E-state index contributed by atoms with van der Waals surface area (Å²) in [4.78, 5) is 26.3. The van der Waals surface area contributed by atoms with Crippen LogP contribution in [-0.4, -0.2) is 46.5 Å². The highest BCUT2D eigenvalue weighted by Gasteiger charge is 2.23. The van der Waals surface area contributed by atoms with E-state index in [1.807, 2.05) is 19.1 Å². The fourth-order valence-electron chi connectivity index (χ4n) is 2.15. The van der Waals surface area contributed by atoms with Gasteiger partial charge in [-0.25, -0.2) is 4.79 Å². The Morgan fingerprint density at radius 2 is 1.86 bits per heavy atom. The Balaban J connectivity index is 2.70. The fraction of sp³-hybridized carbons (Fsp3) is 0.467. The minimum absolute atomic E-state index is 0.0611. The lowest BCUT2D eigenvalue weighted by atomic mass is 10.2. The molecule has 0 radical (unpaired) electrons. The van der Waals surface area contributed by atoms with Crippen molar-refractivity contribution in [3.63, 3.8) is 0 Å². The summed E-state index contributed by atoms with van der Waals surface area (Å²) in [6, 6.07) is 6.76. The largest absolute Gasteiger partial charge is 0.481 e. The van der Waals surface area contributed by atoms with Crippen LogP contribution in [0, 0.1) is 0 Å². The number of rotatable bonds is 6. The van der Waals surface area contributed by atoms with Crippen molar-refractivity contribution in [2.75, 3.05) is 13.6 Å². The molecular weight excluding hydrogens is 292 g/mol. The van der Waals surface area contributed by atoms with Crippen LogP contribution >= 0.6 is 11.6 Å². The molecule has 1 unspecified atom stereocenters. The molecule has 0 heterocycles. The molecular formula is C15H21ClN2O3. The van der Waals surface area contributed by atoms with Gasteiger partial charge >= 0.3 is 12.0 Å². The molecule has 5 nitrogen and oxygen atoms in total. The first-order valence-corrected chi connectivity index (χ1v) is 7.21. The summed E-state index contributed by atoms with van der Waals surface area (Å²) in [6.45, 7) is 4.50.